The summed E-state index contributed by atoms with van der Waals surface area (Å²) >= 11 is 0. The molecule has 0 aromatic carbocycles. The van der Waals surface area contributed by atoms with Crippen molar-refractivity contribution in [1.82, 2.24) is 8.61 Å². The van der Waals surface area contributed by atoms with Gasteiger partial charge in [-0.1, -0.05) is 6.92 Å². The molecule has 2 N–H and O–H groups in total. The molecule has 2 fully saturated rings. The minimum Gasteiger partial charge on any atom is -0.469 e. The average molecular weight is 305 g/mol. The van der Waals surface area contributed by atoms with Crippen LogP contribution in [0.3, 0.4) is 0 Å². The van der Waals surface area contributed by atoms with E-state index in [4.69, 9.17) is 10.5 Å². The second-order valence-corrected chi connectivity index (χ2v) is 7.59. The summed E-state index contributed by atoms with van der Waals surface area (Å²) in [5.74, 6) is -0.262. The molecule has 2 heterocycles. The predicted molar refractivity (Wildman–Crippen MR) is 73.9 cm³/mol. The number of piperidine rings is 1. The molecule has 0 amide bonds. The molecule has 2 saturated heterocycles. The highest BCUT2D eigenvalue weighted by Crippen LogP contribution is 2.25. The molecule has 2 rings (SSSR count). The Kier molecular flexibility index (Phi) is 4.68. The highest BCUT2D eigenvalue weighted by Gasteiger charge is 2.39. The first-order valence-electron chi connectivity index (χ1n) is 6.95. The molecule has 0 saturated carbocycles. The molecular formula is C12H23N3O4S. The van der Waals surface area contributed by atoms with Gasteiger partial charge in [-0.05, 0) is 18.8 Å². The van der Waals surface area contributed by atoms with Crippen molar-refractivity contribution in [1.29, 1.82) is 0 Å². The minimum absolute atomic E-state index is 0.0996. The van der Waals surface area contributed by atoms with E-state index in [9.17, 15) is 13.2 Å². The summed E-state index contributed by atoms with van der Waals surface area (Å²) in [6.07, 6.45) is 1.03. The second-order valence-electron chi connectivity index (χ2n) is 5.66. The molecular weight excluding hydrogens is 282 g/mol. The standard InChI is InChI=1S/C12H23N3O4S/c1-9-7-15(8-11(9)13)20(17,18)14-5-3-10(4-6-14)12(16)19-2/h9-11H,3-8,13H2,1-2H3. The van der Waals surface area contributed by atoms with Gasteiger partial charge in [0.05, 0.1) is 13.0 Å². The maximum absolute atomic E-state index is 12.5. The number of hydrogen-bond donors (Lipinski definition) is 1. The van der Waals surface area contributed by atoms with Crippen molar-refractivity contribution < 1.29 is 17.9 Å². The first-order valence-corrected chi connectivity index (χ1v) is 8.34. The van der Waals surface area contributed by atoms with Gasteiger partial charge in [0.2, 0.25) is 0 Å². The van der Waals surface area contributed by atoms with Crippen LogP contribution in [-0.4, -0.2) is 62.3 Å². The van der Waals surface area contributed by atoms with Crippen LogP contribution in [0.2, 0.25) is 0 Å². The maximum Gasteiger partial charge on any atom is 0.308 e. The summed E-state index contributed by atoms with van der Waals surface area (Å²) in [5, 5.41) is 0. The van der Waals surface area contributed by atoms with Gasteiger partial charge in [-0.15, -0.1) is 0 Å². The first kappa shape index (κ1) is 15.7. The van der Waals surface area contributed by atoms with E-state index in [1.165, 1.54) is 15.7 Å². The number of carbonyl (C=O) groups excluding carboxylic acids is 1. The molecule has 0 spiro atoms. The number of rotatable bonds is 3. The van der Waals surface area contributed by atoms with Gasteiger partial charge in [0.15, 0.2) is 0 Å². The molecule has 116 valence electrons. The zero-order valence-corrected chi connectivity index (χ0v) is 12.8. The molecule has 2 atom stereocenters. The third-order valence-electron chi connectivity index (χ3n) is 4.28. The van der Waals surface area contributed by atoms with Crippen molar-refractivity contribution in [3.63, 3.8) is 0 Å². The quantitative estimate of drug-likeness (QED) is 0.703. The Balaban J connectivity index is 1.97. The lowest BCUT2D eigenvalue weighted by atomic mass is 9.99. The fraction of sp³-hybridized carbons (Fsp3) is 0.917. The summed E-state index contributed by atoms with van der Waals surface area (Å²) < 4.78 is 32.6. The van der Waals surface area contributed by atoms with Crippen LogP contribution in [0, 0.1) is 11.8 Å². The van der Waals surface area contributed by atoms with Crippen molar-refractivity contribution in [2.45, 2.75) is 25.8 Å². The summed E-state index contributed by atoms with van der Waals surface area (Å²) in [6, 6.07) is -0.0996. The van der Waals surface area contributed by atoms with Gasteiger partial charge in [-0.2, -0.15) is 17.0 Å². The second kappa shape index (κ2) is 5.97. The fourth-order valence-corrected chi connectivity index (χ4v) is 4.57. The van der Waals surface area contributed by atoms with E-state index in [2.05, 4.69) is 0 Å². The monoisotopic (exact) mass is 305 g/mol. The van der Waals surface area contributed by atoms with Gasteiger partial charge in [0.25, 0.3) is 10.2 Å². The number of nitrogens with two attached hydrogens (primary N) is 1. The average Bonchev–Trinajstić information content (AvgIpc) is 2.78. The van der Waals surface area contributed by atoms with E-state index in [1.54, 1.807) is 0 Å². The van der Waals surface area contributed by atoms with Crippen molar-refractivity contribution >= 4 is 16.2 Å². The number of ether oxygens (including phenoxy) is 1. The third kappa shape index (κ3) is 2.98. The zero-order chi connectivity index (χ0) is 14.9. The smallest absolute Gasteiger partial charge is 0.308 e. The highest BCUT2D eigenvalue weighted by molar-refractivity contribution is 7.86. The molecule has 20 heavy (non-hydrogen) atoms. The third-order valence-corrected chi connectivity index (χ3v) is 6.25. The summed E-state index contributed by atoms with van der Waals surface area (Å²) in [6.45, 7) is 3.54. The lowest BCUT2D eigenvalue weighted by Crippen LogP contribution is -2.47. The van der Waals surface area contributed by atoms with E-state index in [0.717, 1.165) is 0 Å². The molecule has 0 bridgehead atoms. The first-order chi connectivity index (χ1) is 9.36. The van der Waals surface area contributed by atoms with Crippen LogP contribution in [0.4, 0.5) is 0 Å². The van der Waals surface area contributed by atoms with Gasteiger partial charge in [-0.3, -0.25) is 4.79 Å². The van der Waals surface area contributed by atoms with Gasteiger partial charge < -0.3 is 10.5 Å². The van der Waals surface area contributed by atoms with Gasteiger partial charge in [-0.25, -0.2) is 0 Å². The van der Waals surface area contributed by atoms with Crippen LogP contribution >= 0.6 is 0 Å². The molecule has 0 radical (unpaired) electrons. The van der Waals surface area contributed by atoms with Gasteiger partial charge in [0.1, 0.15) is 0 Å². The summed E-state index contributed by atoms with van der Waals surface area (Å²) in [4.78, 5) is 11.4. The van der Waals surface area contributed by atoms with E-state index in [-0.39, 0.29) is 23.8 Å². The molecule has 2 aliphatic heterocycles. The molecule has 2 unspecified atom stereocenters. The zero-order valence-electron chi connectivity index (χ0n) is 12.0. The number of methoxy groups -OCH3 is 1. The highest BCUT2D eigenvalue weighted by atomic mass is 32.2. The Morgan fingerprint density at radius 1 is 1.20 bits per heavy atom. The van der Waals surface area contributed by atoms with E-state index in [1.807, 2.05) is 6.92 Å². The molecule has 2 aliphatic rings. The van der Waals surface area contributed by atoms with Crippen molar-refractivity contribution in [3.05, 3.63) is 0 Å². The lowest BCUT2D eigenvalue weighted by molar-refractivity contribution is -0.146. The van der Waals surface area contributed by atoms with Crippen LogP contribution < -0.4 is 5.73 Å². The molecule has 8 heteroatoms. The minimum atomic E-state index is -3.45. The Hall–Kier alpha value is -0.700. The summed E-state index contributed by atoms with van der Waals surface area (Å²) in [5.41, 5.74) is 5.89. The van der Waals surface area contributed by atoms with Crippen molar-refractivity contribution in [3.8, 4) is 0 Å². The lowest BCUT2D eigenvalue weighted by Gasteiger charge is -2.32. The Bertz CT molecular complexity index is 449. The molecule has 0 aromatic rings. The number of carbonyl (C=O) groups is 1. The number of nitrogens with zero attached hydrogens (tertiary/aromatic N) is 2. The van der Waals surface area contributed by atoms with Crippen molar-refractivity contribution in [2.75, 3.05) is 33.3 Å². The maximum atomic E-state index is 12.5. The fourth-order valence-electron chi connectivity index (χ4n) is 2.79. The molecule has 0 aromatic heterocycles. The normalized spacial score (nSPS) is 30.6. The largest absolute Gasteiger partial charge is 0.469 e. The predicted octanol–water partition coefficient (Wildman–Crippen LogP) is -0.605. The summed E-state index contributed by atoms with van der Waals surface area (Å²) in [7, 11) is -2.09. The van der Waals surface area contributed by atoms with Crippen LogP contribution in [0.25, 0.3) is 0 Å². The van der Waals surface area contributed by atoms with E-state index >= 15 is 0 Å². The van der Waals surface area contributed by atoms with Crippen LogP contribution in [-0.2, 0) is 19.7 Å². The Morgan fingerprint density at radius 2 is 1.80 bits per heavy atom. The molecule has 0 aliphatic carbocycles. The van der Waals surface area contributed by atoms with Crippen LogP contribution in [0.15, 0.2) is 0 Å². The topological polar surface area (TPSA) is 92.9 Å². The van der Waals surface area contributed by atoms with Crippen molar-refractivity contribution in [2.24, 2.45) is 17.6 Å². The Labute approximate surface area is 120 Å². The Morgan fingerprint density at radius 3 is 2.25 bits per heavy atom. The number of hydrogen-bond acceptors (Lipinski definition) is 5. The van der Waals surface area contributed by atoms with E-state index < -0.39 is 10.2 Å². The van der Waals surface area contributed by atoms with Crippen LogP contribution in [0.5, 0.6) is 0 Å². The van der Waals surface area contributed by atoms with E-state index in [0.29, 0.717) is 39.0 Å². The van der Waals surface area contributed by atoms with Gasteiger partial charge in [0, 0.05) is 32.2 Å². The SMILES string of the molecule is COC(=O)C1CCN(S(=O)(=O)N2CC(C)C(N)C2)CC1. The number of esters is 1. The molecule has 7 nitrogen and oxygen atoms in total. The van der Waals surface area contributed by atoms with Crippen LogP contribution in [0.1, 0.15) is 19.8 Å². The van der Waals surface area contributed by atoms with Gasteiger partial charge >= 0.3 is 5.97 Å².